The van der Waals surface area contributed by atoms with Crippen molar-refractivity contribution in [2.75, 3.05) is 0 Å². The van der Waals surface area contributed by atoms with Crippen LogP contribution in [0.5, 0.6) is 0 Å². The fourth-order valence-corrected chi connectivity index (χ4v) is 4.45. The van der Waals surface area contributed by atoms with Gasteiger partial charge in [-0.25, -0.2) is 0 Å². The average molecular weight is 488 g/mol. The first-order chi connectivity index (χ1) is 17.2. The number of rotatable bonds is 14. The minimum absolute atomic E-state index is 0.107. The van der Waals surface area contributed by atoms with Crippen LogP contribution in [0.2, 0.25) is 0 Å². The second-order valence-electron chi connectivity index (χ2n) is 9.49. The summed E-state index contributed by atoms with van der Waals surface area (Å²) in [5.74, 6) is -1.34. The number of nitriles is 2. The molecule has 2 unspecified atom stereocenters. The predicted molar refractivity (Wildman–Crippen MR) is 135 cm³/mol. The first-order valence-corrected chi connectivity index (χ1v) is 12.2. The van der Waals surface area contributed by atoms with Crippen LogP contribution in [-0.4, -0.2) is 27.7 Å². The van der Waals surface area contributed by atoms with E-state index >= 15 is 0 Å². The number of ketones is 1. The van der Waals surface area contributed by atoms with Crippen LogP contribution in [-0.2, 0) is 25.2 Å². The molecule has 2 aromatic rings. The van der Waals surface area contributed by atoms with E-state index in [-0.39, 0.29) is 5.78 Å². The van der Waals surface area contributed by atoms with E-state index in [2.05, 4.69) is 0 Å². The maximum absolute atomic E-state index is 12.9. The van der Waals surface area contributed by atoms with Gasteiger partial charge in [0.15, 0.2) is 0 Å². The van der Waals surface area contributed by atoms with Crippen molar-refractivity contribution in [3.05, 3.63) is 71.8 Å². The molecule has 0 aliphatic carbocycles. The number of carboxylic acid groups (broad SMARTS) is 1. The van der Waals surface area contributed by atoms with Crippen LogP contribution in [0.3, 0.4) is 0 Å². The Labute approximate surface area is 213 Å². The van der Waals surface area contributed by atoms with Crippen molar-refractivity contribution in [1.82, 2.24) is 4.90 Å². The van der Waals surface area contributed by atoms with Crippen LogP contribution in [0.1, 0.15) is 76.3 Å². The number of hydrogen-bond donors (Lipinski definition) is 1. The Morgan fingerprint density at radius 1 is 0.750 bits per heavy atom. The van der Waals surface area contributed by atoms with Gasteiger partial charge in [0, 0.05) is 12.8 Å². The van der Waals surface area contributed by atoms with Gasteiger partial charge in [-0.05, 0) is 50.7 Å². The van der Waals surface area contributed by atoms with Crippen LogP contribution in [0, 0.1) is 22.9 Å². The van der Waals surface area contributed by atoms with Crippen LogP contribution < -0.4 is 0 Å². The topological polar surface area (TPSA) is 122 Å². The van der Waals surface area contributed by atoms with Crippen LogP contribution >= 0.6 is 0 Å². The molecule has 0 fully saturated rings. The summed E-state index contributed by atoms with van der Waals surface area (Å²) < 4.78 is 0. The highest BCUT2D eigenvalue weighted by Gasteiger charge is 2.38. The molecular formula is C29H33N3O4. The molecule has 0 aromatic heterocycles. The molecule has 0 aliphatic rings. The van der Waals surface area contributed by atoms with Crippen LogP contribution in [0.15, 0.2) is 60.7 Å². The number of aliphatic carboxylic acids is 1. The number of nitrogens with zero attached hydrogens (tertiary/aromatic N) is 3. The minimum atomic E-state index is -1.05. The van der Waals surface area contributed by atoms with E-state index in [9.17, 15) is 19.5 Å². The molecule has 0 bridgehead atoms. The molecule has 36 heavy (non-hydrogen) atoms. The van der Waals surface area contributed by atoms with E-state index in [1.165, 1.54) is 0 Å². The summed E-state index contributed by atoms with van der Waals surface area (Å²) in [6.45, 7) is 3.44. The lowest BCUT2D eigenvalue weighted by Crippen LogP contribution is -2.41. The number of benzene rings is 2. The summed E-state index contributed by atoms with van der Waals surface area (Å²) in [7, 11) is 0. The van der Waals surface area contributed by atoms with Crippen LogP contribution in [0.4, 0.5) is 0 Å². The van der Waals surface area contributed by atoms with Gasteiger partial charge in [-0.2, -0.15) is 10.5 Å². The number of hydrogen-bond acceptors (Lipinski definition) is 5. The van der Waals surface area contributed by atoms with E-state index in [0.717, 1.165) is 11.1 Å². The lowest BCUT2D eigenvalue weighted by atomic mass is 9.76. The number of unbranched alkanes of at least 4 members (excludes halogenated alkanes) is 2. The summed E-state index contributed by atoms with van der Waals surface area (Å²) in [5.41, 5.74) is -0.559. The number of amides is 1. The van der Waals surface area contributed by atoms with Crippen molar-refractivity contribution < 1.29 is 19.5 Å². The Balaban J connectivity index is 1.85. The molecule has 0 heterocycles. The van der Waals surface area contributed by atoms with Gasteiger partial charge >= 0.3 is 5.97 Å². The van der Waals surface area contributed by atoms with Gasteiger partial charge in [-0.3, -0.25) is 14.4 Å². The van der Waals surface area contributed by atoms with E-state index in [1.807, 2.05) is 36.4 Å². The zero-order valence-corrected chi connectivity index (χ0v) is 20.9. The maximum Gasteiger partial charge on any atom is 0.313 e. The SMILES string of the molecule is CC(CCCCC(=O)CCCCC(C)(C(=O)N(C#N)C#N)c1ccccc1)(C(=O)O)c1ccccc1. The monoisotopic (exact) mass is 487 g/mol. The lowest BCUT2D eigenvalue weighted by Gasteiger charge is -2.29. The molecule has 2 aromatic carbocycles. The zero-order valence-electron chi connectivity index (χ0n) is 20.9. The van der Waals surface area contributed by atoms with Gasteiger partial charge in [-0.1, -0.05) is 73.5 Å². The third kappa shape index (κ3) is 7.02. The third-order valence-corrected chi connectivity index (χ3v) is 6.93. The minimum Gasteiger partial charge on any atom is -0.481 e. The molecule has 7 heteroatoms. The highest BCUT2D eigenvalue weighted by atomic mass is 16.4. The zero-order chi connectivity index (χ0) is 26.6. The molecule has 2 rings (SSSR count). The molecule has 0 saturated heterocycles. The molecule has 7 nitrogen and oxygen atoms in total. The van der Waals surface area contributed by atoms with Gasteiger partial charge < -0.3 is 5.11 Å². The summed E-state index contributed by atoms with van der Waals surface area (Å²) in [5, 5.41) is 28.1. The molecule has 1 amide bonds. The molecule has 1 N–H and O–H groups in total. The predicted octanol–water partition coefficient (Wildman–Crippen LogP) is 5.47. The standard InChI is InChI=1S/C29H33N3O4/c1-28(23-13-5-3-6-14-23,26(34)32(21-30)22-31)19-11-9-17-25(33)18-10-12-20-29(2,27(35)36)24-15-7-4-8-16-24/h3-8,13-16H,9-12,17-20H2,1-2H3,(H,35,36). The van der Waals surface area contributed by atoms with Crippen molar-refractivity contribution >= 4 is 17.7 Å². The third-order valence-electron chi connectivity index (χ3n) is 6.93. The normalized spacial score (nSPS) is 13.9. The first-order valence-electron chi connectivity index (χ1n) is 12.2. The number of carbonyl (C=O) groups is 3. The second kappa shape index (κ2) is 13.2. The fourth-order valence-electron chi connectivity index (χ4n) is 4.45. The van der Waals surface area contributed by atoms with E-state index in [4.69, 9.17) is 10.5 Å². The molecular weight excluding hydrogens is 454 g/mol. The number of carboxylic acids is 1. The van der Waals surface area contributed by atoms with Crippen molar-refractivity contribution in [1.29, 1.82) is 10.5 Å². The van der Waals surface area contributed by atoms with Gasteiger partial charge in [0.1, 0.15) is 5.78 Å². The molecule has 0 radical (unpaired) electrons. The molecule has 0 spiro atoms. The maximum atomic E-state index is 12.9. The first kappa shape index (κ1) is 28.3. The Kier molecular flexibility index (Phi) is 10.4. The van der Waals surface area contributed by atoms with Crippen molar-refractivity contribution in [2.24, 2.45) is 0 Å². The summed E-state index contributed by atoms with van der Waals surface area (Å²) >= 11 is 0. The van der Waals surface area contributed by atoms with E-state index < -0.39 is 22.7 Å². The Morgan fingerprint density at radius 2 is 1.17 bits per heavy atom. The van der Waals surface area contributed by atoms with Crippen molar-refractivity contribution in [3.8, 4) is 12.4 Å². The van der Waals surface area contributed by atoms with Gasteiger partial charge in [-0.15, -0.1) is 4.90 Å². The average Bonchev–Trinajstić information content (AvgIpc) is 2.90. The van der Waals surface area contributed by atoms with E-state index in [0.29, 0.717) is 56.3 Å². The summed E-state index contributed by atoms with van der Waals surface area (Å²) in [6.07, 6.45) is 7.27. The fraction of sp³-hybridized carbons (Fsp3) is 0.414. The van der Waals surface area contributed by atoms with Crippen molar-refractivity contribution in [3.63, 3.8) is 0 Å². The highest BCUT2D eigenvalue weighted by Crippen LogP contribution is 2.33. The molecule has 0 aliphatic heterocycles. The molecule has 188 valence electrons. The molecule has 0 saturated carbocycles. The Bertz CT molecular complexity index is 1110. The summed E-state index contributed by atoms with van der Waals surface area (Å²) in [6, 6.07) is 18.2. The quantitative estimate of drug-likeness (QED) is 0.214. The lowest BCUT2D eigenvalue weighted by molar-refractivity contribution is -0.143. The number of carbonyl (C=O) groups excluding carboxylic acids is 2. The van der Waals surface area contributed by atoms with Gasteiger partial charge in [0.25, 0.3) is 5.91 Å². The highest BCUT2D eigenvalue weighted by molar-refractivity contribution is 5.90. The molecule has 2 atom stereocenters. The Hall–Kier alpha value is -3.97. The van der Waals surface area contributed by atoms with Gasteiger partial charge in [0.2, 0.25) is 12.4 Å². The largest absolute Gasteiger partial charge is 0.481 e. The summed E-state index contributed by atoms with van der Waals surface area (Å²) in [4.78, 5) is 37.8. The smallest absolute Gasteiger partial charge is 0.313 e. The van der Waals surface area contributed by atoms with E-state index in [1.54, 1.807) is 50.5 Å². The van der Waals surface area contributed by atoms with Crippen molar-refractivity contribution in [2.45, 2.75) is 76.0 Å². The van der Waals surface area contributed by atoms with Gasteiger partial charge in [0.05, 0.1) is 10.8 Å². The number of Topliss-reactive ketones (excluding diaryl/α,β-unsaturated/α-hetero) is 1. The Morgan fingerprint density at radius 3 is 1.58 bits per heavy atom. The van der Waals surface area contributed by atoms with Crippen LogP contribution in [0.25, 0.3) is 0 Å². The second-order valence-corrected chi connectivity index (χ2v) is 9.49.